The fourth-order valence-electron chi connectivity index (χ4n) is 6.49. The minimum atomic E-state index is -0.996. The first-order chi connectivity index (χ1) is 21.6. The number of hydrogen-bond acceptors (Lipinski definition) is 7. The zero-order valence-corrected chi connectivity index (χ0v) is 25.2. The number of rotatable bonds is 10. The highest BCUT2D eigenvalue weighted by Crippen LogP contribution is 2.35. The molecule has 2 fully saturated rings. The number of benzene rings is 2. The number of carbonyl (C=O) groups is 2. The van der Waals surface area contributed by atoms with Gasteiger partial charge in [-0.2, -0.15) is 4.80 Å². The molecule has 10 nitrogen and oxygen atoms in total. The van der Waals surface area contributed by atoms with E-state index in [1.54, 1.807) is 19.2 Å². The highest BCUT2D eigenvalue weighted by molar-refractivity contribution is 6.01. The first-order valence-corrected chi connectivity index (χ1v) is 15.8. The van der Waals surface area contributed by atoms with E-state index < -0.39 is 6.04 Å². The summed E-state index contributed by atoms with van der Waals surface area (Å²) in [4.78, 5) is 31.0. The van der Waals surface area contributed by atoms with Crippen LogP contribution in [-0.2, 0) is 16.1 Å². The molecule has 2 amide bonds. The smallest absolute Gasteiger partial charge is 0.251 e. The molecule has 6 rings (SSSR count). The predicted molar refractivity (Wildman–Crippen MR) is 166 cm³/mol. The van der Waals surface area contributed by atoms with Crippen molar-refractivity contribution in [3.05, 3.63) is 78.3 Å². The maximum atomic E-state index is 14.2. The van der Waals surface area contributed by atoms with Gasteiger partial charge in [0.05, 0.1) is 13.4 Å². The minimum Gasteiger partial charge on any atom is -0.497 e. The summed E-state index contributed by atoms with van der Waals surface area (Å²) < 4.78 is 11.0. The van der Waals surface area contributed by atoms with Crippen LogP contribution in [0.1, 0.15) is 87.5 Å². The average molecular weight is 597 g/mol. The third-order valence-corrected chi connectivity index (χ3v) is 8.87. The zero-order valence-electron chi connectivity index (χ0n) is 25.2. The van der Waals surface area contributed by atoms with Crippen LogP contribution in [0.25, 0.3) is 11.4 Å². The lowest BCUT2D eigenvalue weighted by Crippen LogP contribution is -2.48. The van der Waals surface area contributed by atoms with Gasteiger partial charge in [0.1, 0.15) is 18.1 Å². The first kappa shape index (κ1) is 29.6. The number of tetrazole rings is 1. The van der Waals surface area contributed by atoms with Crippen molar-refractivity contribution in [2.75, 3.05) is 12.0 Å². The van der Waals surface area contributed by atoms with Crippen molar-refractivity contribution in [2.24, 2.45) is 0 Å². The highest BCUT2D eigenvalue weighted by Gasteiger charge is 2.36. The first-order valence-electron chi connectivity index (χ1n) is 15.8. The fraction of sp³-hybridized carbons (Fsp3) is 0.441. The number of anilines is 1. The summed E-state index contributed by atoms with van der Waals surface area (Å²) in [5.41, 5.74) is 2.63. The van der Waals surface area contributed by atoms with Crippen molar-refractivity contribution in [2.45, 2.75) is 88.8 Å². The Labute approximate surface area is 257 Å². The van der Waals surface area contributed by atoms with Gasteiger partial charge in [-0.1, -0.05) is 50.7 Å². The second kappa shape index (κ2) is 13.9. The lowest BCUT2D eigenvalue weighted by Gasteiger charge is -2.32. The van der Waals surface area contributed by atoms with Gasteiger partial charge in [0.25, 0.3) is 11.8 Å². The molecule has 10 heteroatoms. The van der Waals surface area contributed by atoms with Crippen LogP contribution in [0.4, 0.5) is 5.69 Å². The van der Waals surface area contributed by atoms with Gasteiger partial charge >= 0.3 is 0 Å². The fourth-order valence-corrected chi connectivity index (χ4v) is 6.49. The Morgan fingerprint density at radius 2 is 1.66 bits per heavy atom. The summed E-state index contributed by atoms with van der Waals surface area (Å²) in [5, 5.41) is 16.0. The molecule has 0 aliphatic heterocycles. The Morgan fingerprint density at radius 3 is 2.32 bits per heavy atom. The summed E-state index contributed by atoms with van der Waals surface area (Å²) in [6.07, 6.45) is 12.8. The molecule has 2 aromatic carbocycles. The lowest BCUT2D eigenvalue weighted by molar-refractivity contribution is -0.128. The van der Waals surface area contributed by atoms with E-state index >= 15 is 0 Å². The number of ether oxygens (including phenoxy) is 1. The summed E-state index contributed by atoms with van der Waals surface area (Å²) in [7, 11) is 1.61. The SMILES string of the molecule is COc1ccc(-c2nnn(CC(=O)N(c3ccc(C4CCCCC4)cc3)C(C(=O)NC3CCCCC3)c3ccco3)n2)cc1. The number of nitrogens with zero attached hydrogens (tertiary/aromatic N) is 5. The summed E-state index contributed by atoms with van der Waals surface area (Å²) in [5.74, 6) is 1.41. The zero-order chi connectivity index (χ0) is 30.3. The Kier molecular flexibility index (Phi) is 9.34. The minimum absolute atomic E-state index is 0.0726. The molecule has 0 bridgehead atoms. The predicted octanol–water partition coefficient (Wildman–Crippen LogP) is 6.21. The Morgan fingerprint density at radius 1 is 0.955 bits per heavy atom. The van der Waals surface area contributed by atoms with E-state index in [0.717, 1.165) is 37.0 Å². The third-order valence-electron chi connectivity index (χ3n) is 8.87. The maximum absolute atomic E-state index is 14.2. The molecule has 2 aromatic heterocycles. The molecule has 0 saturated heterocycles. The number of hydrogen-bond donors (Lipinski definition) is 1. The third kappa shape index (κ3) is 6.85. The quantitative estimate of drug-likeness (QED) is 0.231. The monoisotopic (exact) mass is 596 g/mol. The van der Waals surface area contributed by atoms with E-state index in [-0.39, 0.29) is 24.4 Å². The lowest BCUT2D eigenvalue weighted by atomic mass is 9.84. The van der Waals surface area contributed by atoms with Crippen LogP contribution in [0.15, 0.2) is 71.3 Å². The van der Waals surface area contributed by atoms with E-state index in [2.05, 4.69) is 32.9 Å². The van der Waals surface area contributed by atoms with Crippen molar-refractivity contribution >= 4 is 17.5 Å². The molecule has 4 aromatic rings. The number of aromatic nitrogens is 4. The van der Waals surface area contributed by atoms with E-state index in [0.29, 0.717) is 23.2 Å². The molecule has 2 aliphatic carbocycles. The van der Waals surface area contributed by atoms with Crippen molar-refractivity contribution in [3.8, 4) is 17.1 Å². The molecule has 1 unspecified atom stereocenters. The van der Waals surface area contributed by atoms with Crippen LogP contribution in [0, 0.1) is 0 Å². The van der Waals surface area contributed by atoms with Gasteiger partial charge in [-0.15, -0.1) is 10.2 Å². The van der Waals surface area contributed by atoms with Gasteiger partial charge in [0.2, 0.25) is 5.82 Å². The second-order valence-corrected chi connectivity index (χ2v) is 11.8. The Balaban J connectivity index is 1.30. The molecule has 0 radical (unpaired) electrons. The summed E-state index contributed by atoms with van der Waals surface area (Å²) in [6, 6.07) is 18.0. The number of amides is 2. The second-order valence-electron chi connectivity index (χ2n) is 11.8. The normalized spacial score (nSPS) is 16.8. The molecule has 0 spiro atoms. The Hall–Kier alpha value is -4.47. The topological polar surface area (TPSA) is 115 Å². The van der Waals surface area contributed by atoms with Crippen molar-refractivity contribution in [3.63, 3.8) is 0 Å². The number of furan rings is 1. The van der Waals surface area contributed by atoms with E-state index in [9.17, 15) is 9.59 Å². The molecular formula is C34H40N6O4. The van der Waals surface area contributed by atoms with Gasteiger partial charge < -0.3 is 14.5 Å². The molecule has 2 heterocycles. The average Bonchev–Trinajstić information content (AvgIpc) is 3.77. The summed E-state index contributed by atoms with van der Waals surface area (Å²) >= 11 is 0. The number of carbonyl (C=O) groups excluding carboxylic acids is 2. The molecular weight excluding hydrogens is 556 g/mol. The number of nitrogens with one attached hydrogen (secondary N) is 1. The van der Waals surface area contributed by atoms with Gasteiger partial charge in [-0.05, 0) is 90.9 Å². The standard InChI is InChI=1S/C34H40N6O4/c1-43-29-20-16-26(17-21-29)33-36-38-39(37-33)23-31(41)40(28-18-14-25(15-19-28)24-9-4-2-5-10-24)32(30-13-8-22-44-30)34(42)35-27-11-6-3-7-12-27/h8,13-22,24,27,32H,2-7,9-12,23H2,1H3,(H,35,42). The highest BCUT2D eigenvalue weighted by atomic mass is 16.5. The molecule has 230 valence electrons. The Bertz CT molecular complexity index is 1500. The maximum Gasteiger partial charge on any atom is 0.251 e. The largest absolute Gasteiger partial charge is 0.497 e. The van der Waals surface area contributed by atoms with Crippen molar-refractivity contribution in [1.82, 2.24) is 25.5 Å². The van der Waals surface area contributed by atoms with E-state index in [1.165, 1.54) is 60.0 Å². The van der Waals surface area contributed by atoms with Crippen LogP contribution in [0.5, 0.6) is 5.75 Å². The van der Waals surface area contributed by atoms with Crippen LogP contribution in [-0.4, -0.2) is 45.2 Å². The summed E-state index contributed by atoms with van der Waals surface area (Å²) in [6.45, 7) is -0.207. The molecule has 1 N–H and O–H groups in total. The molecule has 44 heavy (non-hydrogen) atoms. The van der Waals surface area contributed by atoms with Crippen LogP contribution < -0.4 is 15.0 Å². The van der Waals surface area contributed by atoms with Gasteiger partial charge in [-0.3, -0.25) is 14.5 Å². The molecule has 1 atom stereocenters. The van der Waals surface area contributed by atoms with Crippen LogP contribution >= 0.6 is 0 Å². The van der Waals surface area contributed by atoms with Gasteiger partial charge in [0, 0.05) is 17.3 Å². The van der Waals surface area contributed by atoms with Crippen LogP contribution in [0.2, 0.25) is 0 Å². The van der Waals surface area contributed by atoms with Crippen molar-refractivity contribution < 1.29 is 18.7 Å². The van der Waals surface area contributed by atoms with Gasteiger partial charge in [0.15, 0.2) is 6.04 Å². The van der Waals surface area contributed by atoms with Gasteiger partial charge in [-0.25, -0.2) is 0 Å². The molecule has 2 saturated carbocycles. The van der Waals surface area contributed by atoms with Crippen LogP contribution in [0.3, 0.4) is 0 Å². The van der Waals surface area contributed by atoms with E-state index in [4.69, 9.17) is 9.15 Å². The molecule has 2 aliphatic rings. The van der Waals surface area contributed by atoms with Crippen molar-refractivity contribution in [1.29, 1.82) is 0 Å². The van der Waals surface area contributed by atoms with E-state index in [1.807, 2.05) is 36.4 Å². The number of methoxy groups -OCH3 is 1.